The van der Waals surface area contributed by atoms with E-state index < -0.39 is 0 Å². The molecule has 0 aromatic rings. The lowest BCUT2D eigenvalue weighted by Gasteiger charge is -2.23. The first-order valence-corrected chi connectivity index (χ1v) is 4.22. The second-order valence-corrected chi connectivity index (χ2v) is 3.04. The zero-order valence-corrected chi connectivity index (χ0v) is 8.22. The Morgan fingerprint density at radius 1 is 1.27 bits per heavy atom. The highest BCUT2D eigenvalue weighted by atomic mass is 15.3. The van der Waals surface area contributed by atoms with Crippen molar-refractivity contribution in [1.82, 2.24) is 15.1 Å². The van der Waals surface area contributed by atoms with Crippen LogP contribution in [0.15, 0.2) is 0 Å². The molecule has 0 fully saturated rings. The van der Waals surface area contributed by atoms with Crippen LogP contribution in [0, 0.1) is 0 Å². The van der Waals surface area contributed by atoms with Crippen molar-refractivity contribution < 1.29 is 0 Å². The Morgan fingerprint density at radius 3 is 2.27 bits per heavy atom. The van der Waals surface area contributed by atoms with Crippen molar-refractivity contribution in [2.45, 2.75) is 6.92 Å². The van der Waals surface area contributed by atoms with Gasteiger partial charge in [0, 0.05) is 13.1 Å². The highest BCUT2D eigenvalue weighted by molar-refractivity contribution is 4.54. The maximum Gasteiger partial charge on any atom is 0.0501 e. The Kier molecular flexibility index (Phi) is 6.51. The minimum Gasteiger partial charge on any atom is -0.318 e. The number of nitrogens with one attached hydrogen (secondary N) is 1. The normalized spacial score (nSPS) is 11.5. The Bertz CT molecular complexity index is 83.4. The van der Waals surface area contributed by atoms with Gasteiger partial charge in [0.15, 0.2) is 0 Å². The maximum atomic E-state index is 3.15. The maximum absolute atomic E-state index is 3.15. The monoisotopic (exact) mass is 159 g/mol. The topological polar surface area (TPSA) is 18.5 Å². The molecule has 11 heavy (non-hydrogen) atoms. The van der Waals surface area contributed by atoms with Gasteiger partial charge >= 0.3 is 0 Å². The van der Waals surface area contributed by atoms with Crippen LogP contribution >= 0.6 is 0 Å². The summed E-state index contributed by atoms with van der Waals surface area (Å²) in [6.45, 7) is 6.57. The smallest absolute Gasteiger partial charge is 0.0501 e. The van der Waals surface area contributed by atoms with E-state index in [9.17, 15) is 0 Å². The molecular formula is C8H21N3. The lowest BCUT2D eigenvalue weighted by molar-refractivity contribution is 0.185. The first-order chi connectivity index (χ1) is 5.20. The van der Waals surface area contributed by atoms with Gasteiger partial charge in [0.1, 0.15) is 0 Å². The van der Waals surface area contributed by atoms with Gasteiger partial charge in [-0.25, -0.2) is 0 Å². The molecule has 0 amide bonds. The van der Waals surface area contributed by atoms with E-state index in [0.717, 1.165) is 26.3 Å². The van der Waals surface area contributed by atoms with Crippen molar-refractivity contribution >= 4 is 0 Å². The average molecular weight is 159 g/mol. The van der Waals surface area contributed by atoms with Crippen LogP contribution in [0.3, 0.4) is 0 Å². The van der Waals surface area contributed by atoms with Crippen LogP contribution < -0.4 is 5.32 Å². The molecule has 0 saturated heterocycles. The number of hydrogen-bond acceptors (Lipinski definition) is 3. The van der Waals surface area contributed by atoms with Gasteiger partial charge < -0.3 is 5.32 Å². The second-order valence-electron chi connectivity index (χ2n) is 3.04. The van der Waals surface area contributed by atoms with E-state index in [2.05, 4.69) is 36.1 Å². The third-order valence-electron chi connectivity index (χ3n) is 1.61. The van der Waals surface area contributed by atoms with Crippen LogP contribution in [0.25, 0.3) is 0 Å². The minimum atomic E-state index is 1.05. The molecule has 0 aliphatic carbocycles. The first kappa shape index (κ1) is 10.9. The fourth-order valence-corrected chi connectivity index (χ4v) is 0.999. The summed E-state index contributed by atoms with van der Waals surface area (Å²) in [5, 5.41) is 3.15. The summed E-state index contributed by atoms with van der Waals surface area (Å²) in [5.41, 5.74) is 0. The van der Waals surface area contributed by atoms with E-state index in [1.807, 2.05) is 7.05 Å². The molecule has 0 aromatic heterocycles. The fourth-order valence-electron chi connectivity index (χ4n) is 0.999. The summed E-state index contributed by atoms with van der Waals surface area (Å²) in [6.07, 6.45) is 0. The Labute approximate surface area is 70.4 Å². The lowest BCUT2D eigenvalue weighted by Crippen LogP contribution is -2.37. The number of hydrogen-bond donors (Lipinski definition) is 1. The van der Waals surface area contributed by atoms with Crippen molar-refractivity contribution in [3.8, 4) is 0 Å². The Morgan fingerprint density at radius 2 is 1.91 bits per heavy atom. The highest BCUT2D eigenvalue weighted by Crippen LogP contribution is 1.87. The Hall–Kier alpha value is -0.120. The zero-order valence-electron chi connectivity index (χ0n) is 8.22. The molecule has 0 atom stereocenters. The fraction of sp³-hybridized carbons (Fsp3) is 1.00. The van der Waals surface area contributed by atoms with E-state index in [4.69, 9.17) is 0 Å². The van der Waals surface area contributed by atoms with E-state index in [1.165, 1.54) is 0 Å². The van der Waals surface area contributed by atoms with Gasteiger partial charge in [-0.2, -0.15) is 0 Å². The summed E-state index contributed by atoms with van der Waals surface area (Å²) in [6, 6.07) is 0. The molecular weight excluding hydrogens is 138 g/mol. The third-order valence-corrected chi connectivity index (χ3v) is 1.61. The molecule has 0 aliphatic rings. The first-order valence-electron chi connectivity index (χ1n) is 4.22. The summed E-state index contributed by atoms with van der Waals surface area (Å²) in [4.78, 5) is 4.59. The van der Waals surface area contributed by atoms with Gasteiger partial charge in [-0.1, -0.05) is 6.92 Å². The average Bonchev–Trinajstić information content (AvgIpc) is 1.97. The van der Waals surface area contributed by atoms with Gasteiger partial charge in [0.2, 0.25) is 0 Å². The minimum absolute atomic E-state index is 1.05. The van der Waals surface area contributed by atoms with E-state index in [1.54, 1.807) is 0 Å². The van der Waals surface area contributed by atoms with Gasteiger partial charge in [-0.3, -0.25) is 9.80 Å². The predicted octanol–water partition coefficient (Wildman–Crippen LogP) is 0.0468. The van der Waals surface area contributed by atoms with E-state index in [-0.39, 0.29) is 0 Å². The van der Waals surface area contributed by atoms with E-state index >= 15 is 0 Å². The highest BCUT2D eigenvalue weighted by Gasteiger charge is 2.00. The van der Waals surface area contributed by atoms with Crippen molar-refractivity contribution in [3.05, 3.63) is 0 Å². The largest absolute Gasteiger partial charge is 0.318 e. The van der Waals surface area contributed by atoms with Crippen molar-refractivity contribution in [2.75, 3.05) is 47.4 Å². The molecule has 0 saturated carbocycles. The number of rotatable bonds is 6. The van der Waals surface area contributed by atoms with Crippen LogP contribution in [-0.2, 0) is 0 Å². The molecule has 3 heteroatoms. The summed E-state index contributed by atoms with van der Waals surface area (Å²) >= 11 is 0. The SMILES string of the molecule is CCN(CCNC)CN(C)C. The summed E-state index contributed by atoms with van der Waals surface area (Å²) < 4.78 is 0. The quantitative estimate of drug-likeness (QED) is 0.552. The summed E-state index contributed by atoms with van der Waals surface area (Å²) in [5.74, 6) is 0. The zero-order chi connectivity index (χ0) is 8.69. The number of likely N-dealkylation sites (N-methyl/N-ethyl adjacent to an activating group) is 2. The molecule has 1 N–H and O–H groups in total. The van der Waals surface area contributed by atoms with Gasteiger partial charge in [0.25, 0.3) is 0 Å². The molecule has 68 valence electrons. The molecule has 0 aliphatic heterocycles. The molecule has 3 nitrogen and oxygen atoms in total. The van der Waals surface area contributed by atoms with Gasteiger partial charge in [-0.05, 0) is 27.7 Å². The molecule has 0 bridgehead atoms. The molecule has 0 aromatic carbocycles. The molecule has 0 unspecified atom stereocenters. The predicted molar refractivity (Wildman–Crippen MR) is 49.7 cm³/mol. The molecule has 0 spiro atoms. The number of nitrogens with zero attached hydrogens (tertiary/aromatic N) is 2. The standard InChI is InChI=1S/C8H21N3/c1-5-11(7-6-9-2)8-10(3)4/h9H,5-8H2,1-4H3. The van der Waals surface area contributed by atoms with Crippen LogP contribution in [0.5, 0.6) is 0 Å². The van der Waals surface area contributed by atoms with Crippen molar-refractivity contribution in [3.63, 3.8) is 0 Å². The third kappa shape index (κ3) is 6.28. The van der Waals surface area contributed by atoms with Crippen LogP contribution in [0.4, 0.5) is 0 Å². The van der Waals surface area contributed by atoms with Gasteiger partial charge in [0.05, 0.1) is 6.67 Å². The van der Waals surface area contributed by atoms with Gasteiger partial charge in [-0.15, -0.1) is 0 Å². The lowest BCUT2D eigenvalue weighted by atomic mass is 10.5. The van der Waals surface area contributed by atoms with Crippen LogP contribution in [0.1, 0.15) is 6.92 Å². The van der Waals surface area contributed by atoms with Crippen molar-refractivity contribution in [1.29, 1.82) is 0 Å². The van der Waals surface area contributed by atoms with Crippen molar-refractivity contribution in [2.24, 2.45) is 0 Å². The van der Waals surface area contributed by atoms with E-state index in [0.29, 0.717) is 0 Å². The Balaban J connectivity index is 3.41. The molecule has 0 rings (SSSR count). The second kappa shape index (κ2) is 6.58. The van der Waals surface area contributed by atoms with Crippen LogP contribution in [0.2, 0.25) is 0 Å². The molecule has 0 radical (unpaired) electrons. The van der Waals surface area contributed by atoms with Crippen LogP contribution in [-0.4, -0.2) is 57.2 Å². The summed E-state index contributed by atoms with van der Waals surface area (Å²) in [7, 11) is 6.19. The molecule has 0 heterocycles.